The van der Waals surface area contributed by atoms with Crippen molar-refractivity contribution in [2.24, 2.45) is 13.0 Å². The van der Waals surface area contributed by atoms with E-state index in [1.54, 1.807) is 11.3 Å². The van der Waals surface area contributed by atoms with E-state index < -0.39 is 0 Å². The second-order valence-corrected chi connectivity index (χ2v) is 8.26. The van der Waals surface area contributed by atoms with Crippen LogP contribution < -0.4 is 0 Å². The Morgan fingerprint density at radius 2 is 2.21 bits per heavy atom. The minimum Gasteiger partial charge on any atom is -0.297 e. The summed E-state index contributed by atoms with van der Waals surface area (Å²) in [5.74, 6) is 1.48. The van der Waals surface area contributed by atoms with Crippen LogP contribution in [0.1, 0.15) is 42.1 Å². The zero-order valence-electron chi connectivity index (χ0n) is 14.1. The molecule has 5 nitrogen and oxygen atoms in total. The molecule has 3 aromatic heterocycles. The molecule has 1 aliphatic carbocycles. The molecule has 0 N–H and O–H groups in total. The van der Waals surface area contributed by atoms with Crippen LogP contribution in [0.5, 0.6) is 0 Å². The fourth-order valence-electron chi connectivity index (χ4n) is 4.04. The summed E-state index contributed by atoms with van der Waals surface area (Å²) in [6.07, 6.45) is 11.4. The maximum absolute atomic E-state index is 4.91. The van der Waals surface area contributed by atoms with Crippen molar-refractivity contribution in [2.75, 3.05) is 13.1 Å². The molecular formula is C18H23N5S. The largest absolute Gasteiger partial charge is 0.297 e. The van der Waals surface area contributed by atoms with Crippen molar-refractivity contribution in [1.29, 1.82) is 0 Å². The van der Waals surface area contributed by atoms with Crippen LogP contribution in [0.2, 0.25) is 0 Å². The van der Waals surface area contributed by atoms with Gasteiger partial charge in [-0.05, 0) is 43.7 Å². The van der Waals surface area contributed by atoms with E-state index in [1.807, 2.05) is 17.9 Å². The highest BCUT2D eigenvalue weighted by Crippen LogP contribution is 2.42. The van der Waals surface area contributed by atoms with E-state index in [9.17, 15) is 0 Å². The van der Waals surface area contributed by atoms with Crippen molar-refractivity contribution in [3.05, 3.63) is 40.9 Å². The molecule has 0 bridgehead atoms. The van der Waals surface area contributed by atoms with Crippen LogP contribution in [-0.2, 0) is 20.0 Å². The summed E-state index contributed by atoms with van der Waals surface area (Å²) in [5, 5.41) is 6.45. The summed E-state index contributed by atoms with van der Waals surface area (Å²) in [5.41, 5.74) is 4.18. The lowest BCUT2D eigenvalue weighted by atomic mass is 10.0. The minimum absolute atomic E-state index is 0.723. The molecule has 1 saturated carbocycles. The number of imidazole rings is 1. The van der Waals surface area contributed by atoms with Crippen molar-refractivity contribution in [3.8, 4) is 0 Å². The van der Waals surface area contributed by atoms with Crippen LogP contribution in [0.25, 0.3) is 4.96 Å². The van der Waals surface area contributed by atoms with Crippen molar-refractivity contribution in [2.45, 2.75) is 38.1 Å². The predicted molar refractivity (Wildman–Crippen MR) is 95.3 cm³/mol. The molecule has 1 atom stereocenters. The van der Waals surface area contributed by atoms with Crippen LogP contribution in [0.4, 0.5) is 0 Å². The first-order chi connectivity index (χ1) is 11.8. The van der Waals surface area contributed by atoms with Gasteiger partial charge in [-0.1, -0.05) is 0 Å². The van der Waals surface area contributed by atoms with Gasteiger partial charge in [0.2, 0.25) is 0 Å². The van der Waals surface area contributed by atoms with E-state index in [1.165, 1.54) is 49.3 Å². The molecule has 5 rings (SSSR count). The molecule has 0 spiro atoms. The van der Waals surface area contributed by atoms with Gasteiger partial charge in [0, 0.05) is 43.8 Å². The van der Waals surface area contributed by atoms with Gasteiger partial charge >= 0.3 is 0 Å². The molecule has 1 unspecified atom stereocenters. The molecule has 1 aliphatic heterocycles. The number of fused-ring (bicyclic) bond motifs is 1. The second kappa shape index (κ2) is 5.70. The smallest absolute Gasteiger partial charge is 0.194 e. The summed E-state index contributed by atoms with van der Waals surface area (Å²) in [4.78, 5) is 8.69. The topological polar surface area (TPSA) is 38.4 Å². The molecule has 6 heteroatoms. The highest BCUT2D eigenvalue weighted by Gasteiger charge is 2.32. The maximum Gasteiger partial charge on any atom is 0.194 e. The van der Waals surface area contributed by atoms with Gasteiger partial charge in [0.1, 0.15) is 0 Å². The Labute approximate surface area is 145 Å². The lowest BCUT2D eigenvalue weighted by Crippen LogP contribution is -2.22. The van der Waals surface area contributed by atoms with Crippen LogP contribution in [-0.4, -0.2) is 37.2 Å². The lowest BCUT2D eigenvalue weighted by Gasteiger charge is -2.16. The third-order valence-corrected chi connectivity index (χ3v) is 6.14. The number of rotatable bonds is 5. The third-order valence-electron chi connectivity index (χ3n) is 5.38. The number of likely N-dealkylation sites (tertiary alicyclic amines) is 1. The predicted octanol–water partition coefficient (Wildman–Crippen LogP) is 3.07. The number of hydrogen-bond donors (Lipinski definition) is 0. The molecule has 2 aliphatic rings. The zero-order valence-corrected chi connectivity index (χ0v) is 14.9. The number of thiazole rings is 1. The van der Waals surface area contributed by atoms with E-state index in [4.69, 9.17) is 4.98 Å². The van der Waals surface area contributed by atoms with Gasteiger partial charge < -0.3 is 0 Å². The van der Waals surface area contributed by atoms with Gasteiger partial charge in [0.05, 0.1) is 17.6 Å². The van der Waals surface area contributed by atoms with Gasteiger partial charge in [-0.25, -0.2) is 4.98 Å². The van der Waals surface area contributed by atoms with E-state index in [2.05, 4.69) is 32.2 Å². The quantitative estimate of drug-likeness (QED) is 0.716. The first kappa shape index (κ1) is 14.7. The molecule has 1 saturated heterocycles. The molecule has 3 aromatic rings. The molecule has 4 heterocycles. The van der Waals surface area contributed by atoms with Crippen LogP contribution in [0, 0.1) is 5.92 Å². The van der Waals surface area contributed by atoms with E-state index >= 15 is 0 Å². The third kappa shape index (κ3) is 2.67. The summed E-state index contributed by atoms with van der Waals surface area (Å²) in [6, 6.07) is 0. The maximum atomic E-state index is 4.91. The fourth-order valence-corrected chi connectivity index (χ4v) is 4.78. The molecule has 0 aromatic carbocycles. The van der Waals surface area contributed by atoms with Crippen LogP contribution >= 0.6 is 11.3 Å². The monoisotopic (exact) mass is 341 g/mol. The molecule has 0 amide bonds. The second-order valence-electron chi connectivity index (χ2n) is 7.39. The first-order valence-electron chi connectivity index (χ1n) is 8.90. The summed E-state index contributed by atoms with van der Waals surface area (Å²) >= 11 is 1.75. The van der Waals surface area contributed by atoms with Gasteiger partial charge in [0.25, 0.3) is 0 Å². The number of nitrogens with zero attached hydrogens (tertiary/aromatic N) is 5. The molecule has 0 radical (unpaired) electrons. The lowest BCUT2D eigenvalue weighted by molar-refractivity contribution is 0.310. The van der Waals surface area contributed by atoms with Crippen molar-refractivity contribution in [1.82, 2.24) is 24.1 Å². The summed E-state index contributed by atoms with van der Waals surface area (Å²) in [7, 11) is 2.00. The summed E-state index contributed by atoms with van der Waals surface area (Å²) in [6.45, 7) is 3.44. The Hall–Kier alpha value is -1.66. The van der Waals surface area contributed by atoms with Gasteiger partial charge in [-0.3, -0.25) is 14.0 Å². The van der Waals surface area contributed by atoms with Crippen molar-refractivity contribution >= 4 is 16.3 Å². The highest BCUT2D eigenvalue weighted by atomic mass is 32.1. The highest BCUT2D eigenvalue weighted by molar-refractivity contribution is 7.15. The Bertz CT molecular complexity index is 856. The standard InChI is InChI=1S/C18H23N5S/c1-21-10-14(9-19-21)8-13-4-5-22(11-13)12-16-17(15-2-3-15)20-18-23(16)6-7-24-18/h6-7,9-10,13,15H,2-5,8,11-12H2,1H3. The zero-order chi connectivity index (χ0) is 16.1. The first-order valence-corrected chi connectivity index (χ1v) is 9.78. The average molecular weight is 341 g/mol. The average Bonchev–Trinajstić information content (AvgIpc) is 2.92. The Morgan fingerprint density at radius 3 is 3.00 bits per heavy atom. The summed E-state index contributed by atoms with van der Waals surface area (Å²) < 4.78 is 4.23. The molecule has 24 heavy (non-hydrogen) atoms. The SMILES string of the molecule is Cn1cc(CC2CCN(Cc3c(C4CC4)nc4sccn34)C2)cn1. The van der Waals surface area contributed by atoms with Crippen LogP contribution in [0.15, 0.2) is 24.0 Å². The molecule has 2 fully saturated rings. The van der Waals surface area contributed by atoms with Crippen molar-refractivity contribution < 1.29 is 0 Å². The Balaban J connectivity index is 1.30. The Morgan fingerprint density at radius 1 is 1.29 bits per heavy atom. The molecule has 126 valence electrons. The van der Waals surface area contributed by atoms with Gasteiger partial charge in [-0.15, -0.1) is 11.3 Å². The minimum atomic E-state index is 0.723. The van der Waals surface area contributed by atoms with E-state index in [-0.39, 0.29) is 0 Å². The number of hydrogen-bond acceptors (Lipinski definition) is 4. The van der Waals surface area contributed by atoms with Crippen LogP contribution in [0.3, 0.4) is 0 Å². The van der Waals surface area contributed by atoms with Gasteiger partial charge in [-0.2, -0.15) is 5.10 Å². The normalized spacial score (nSPS) is 22.0. The number of aryl methyl sites for hydroxylation is 1. The fraction of sp³-hybridized carbons (Fsp3) is 0.556. The molecular weight excluding hydrogens is 318 g/mol. The van der Waals surface area contributed by atoms with Crippen molar-refractivity contribution in [3.63, 3.8) is 0 Å². The number of aromatic nitrogens is 4. The van der Waals surface area contributed by atoms with E-state index in [0.717, 1.165) is 29.8 Å². The van der Waals surface area contributed by atoms with E-state index in [0.29, 0.717) is 0 Å². The Kier molecular flexibility index (Phi) is 3.49. The van der Waals surface area contributed by atoms with Gasteiger partial charge in [0.15, 0.2) is 4.96 Å².